The van der Waals surface area contributed by atoms with Crippen LogP contribution in [0.3, 0.4) is 0 Å². The molecule has 0 aromatic carbocycles. The maximum Gasteiger partial charge on any atom is 0.362 e. The Morgan fingerprint density at radius 2 is 0.839 bits per heavy atom. The lowest BCUT2D eigenvalue weighted by Gasteiger charge is -2.26. The minimum atomic E-state index is -0.697. The van der Waals surface area contributed by atoms with E-state index in [1.807, 2.05) is 54.4 Å². The number of amides is 2. The number of hydrogen-bond donors (Lipinski definition) is 4. The maximum absolute atomic E-state index is 12.4. The number of allylic oxidation sites excluding steroid dienone is 2. The van der Waals surface area contributed by atoms with Gasteiger partial charge in [0.1, 0.15) is 12.2 Å². The van der Waals surface area contributed by atoms with E-state index in [1.165, 1.54) is 0 Å². The van der Waals surface area contributed by atoms with Crippen molar-refractivity contribution in [3.05, 3.63) is 24.3 Å². The molecule has 4 atom stereocenters. The van der Waals surface area contributed by atoms with Gasteiger partial charge in [0.25, 0.3) is 0 Å². The molecule has 12 nitrogen and oxygen atoms in total. The molecule has 0 saturated heterocycles. The largest absolute Gasteiger partial charge is 1.00 e. The highest BCUT2D eigenvalue weighted by molar-refractivity contribution is 5.77. The molecule has 0 aliphatic rings. The first-order valence-electron chi connectivity index (χ1n) is 23.7. The molecule has 4 N–H and O–H groups in total. The number of unbranched alkanes of at least 4 members (excludes halogenated alkanes) is 14. The Morgan fingerprint density at radius 1 is 0.500 bits per heavy atom. The van der Waals surface area contributed by atoms with Gasteiger partial charge in [-0.15, -0.1) is 0 Å². The molecule has 0 aromatic rings. The van der Waals surface area contributed by atoms with Gasteiger partial charge in [-0.3, -0.25) is 9.59 Å². The van der Waals surface area contributed by atoms with Crippen molar-refractivity contribution >= 4 is 23.8 Å². The van der Waals surface area contributed by atoms with Crippen LogP contribution in [-0.2, 0) is 28.7 Å². The minimum Gasteiger partial charge on any atom is -1.00 e. The van der Waals surface area contributed by atoms with Crippen LogP contribution in [0.2, 0.25) is 0 Å². The molecule has 0 aromatic heterocycles. The molecule has 14 heteroatoms. The number of esters is 2. The van der Waals surface area contributed by atoms with Gasteiger partial charge in [-0.25, -0.2) is 9.59 Å². The van der Waals surface area contributed by atoms with Gasteiger partial charge in [0.2, 0.25) is 11.8 Å². The molecule has 0 rings (SSSR count). The number of nitrogens with one attached hydrogen (secondary N) is 2. The summed E-state index contributed by atoms with van der Waals surface area (Å²) < 4.78 is 12.4. The van der Waals surface area contributed by atoms with E-state index in [0.717, 1.165) is 116 Å². The zero-order chi connectivity index (χ0) is 45.1. The van der Waals surface area contributed by atoms with E-state index in [0.29, 0.717) is 60.6 Å². The third-order valence-electron chi connectivity index (χ3n) is 10.2. The first kappa shape index (κ1) is 64.1. The summed E-state index contributed by atoms with van der Waals surface area (Å²) in [5, 5.41) is 27.3. The fraction of sp³-hybridized carbons (Fsp3) is 0.833. The fourth-order valence-corrected chi connectivity index (χ4v) is 6.78. The second-order valence-corrected chi connectivity index (χ2v) is 18.8. The quantitative estimate of drug-likeness (QED) is 0.0315. The normalized spacial score (nSPS) is 13.8. The topological polar surface area (TPSA) is 151 Å². The number of halogens is 2. The van der Waals surface area contributed by atoms with Crippen LogP contribution in [0.15, 0.2) is 24.3 Å². The van der Waals surface area contributed by atoms with Gasteiger partial charge in [-0.1, -0.05) is 102 Å². The van der Waals surface area contributed by atoms with Crippen molar-refractivity contribution in [2.24, 2.45) is 0 Å². The predicted octanol–water partition coefficient (Wildman–Crippen LogP) is 1.70. The molecule has 2 amide bonds. The number of aliphatic hydroxyl groups is 2. The highest BCUT2D eigenvalue weighted by Gasteiger charge is 2.26. The first-order chi connectivity index (χ1) is 28.5. The maximum atomic E-state index is 12.4. The SMILES string of the molecule is CCCCCC(OC(=O)C[N+](C)(C)C)C(O)C/C=C/CCCCCCCC(=O)NCCNC(=O)CCCCCCC/C=C/CC(O)C(CCCCC)OC(=O)C[N+](C)(C)C.[Cl-].[Cl-]. The summed E-state index contributed by atoms with van der Waals surface area (Å²) in [6, 6.07) is 0. The van der Waals surface area contributed by atoms with Gasteiger partial charge in [-0.05, 0) is 77.0 Å². The van der Waals surface area contributed by atoms with Crippen LogP contribution in [-0.4, -0.2) is 136 Å². The zero-order valence-electron chi connectivity index (χ0n) is 40.4. The summed E-state index contributed by atoms with van der Waals surface area (Å²) in [4.78, 5) is 49.2. The number of ether oxygens (including phenoxy) is 2. The molecule has 0 spiro atoms. The van der Waals surface area contributed by atoms with Crippen LogP contribution < -0.4 is 35.4 Å². The molecule has 4 unspecified atom stereocenters. The van der Waals surface area contributed by atoms with Crippen LogP contribution in [0, 0.1) is 0 Å². The van der Waals surface area contributed by atoms with E-state index >= 15 is 0 Å². The van der Waals surface area contributed by atoms with Crippen molar-refractivity contribution in [2.45, 2.75) is 192 Å². The highest BCUT2D eigenvalue weighted by atomic mass is 35.5. The van der Waals surface area contributed by atoms with E-state index in [9.17, 15) is 29.4 Å². The lowest BCUT2D eigenvalue weighted by atomic mass is 10.0. The van der Waals surface area contributed by atoms with Crippen LogP contribution in [0.4, 0.5) is 0 Å². The van der Waals surface area contributed by atoms with E-state index in [4.69, 9.17) is 9.47 Å². The van der Waals surface area contributed by atoms with Crippen molar-refractivity contribution < 1.29 is 72.6 Å². The van der Waals surface area contributed by atoms with Gasteiger partial charge in [0.15, 0.2) is 13.1 Å². The number of quaternary nitrogens is 2. The second kappa shape index (κ2) is 40.3. The van der Waals surface area contributed by atoms with Gasteiger partial charge >= 0.3 is 11.9 Å². The molecular weight excluding hydrogens is 831 g/mol. The average Bonchev–Trinajstić information content (AvgIpc) is 3.15. The Balaban J connectivity index is -0.0000174. The Hall–Kier alpha value is -2.22. The van der Waals surface area contributed by atoms with Crippen molar-refractivity contribution in [2.75, 3.05) is 68.5 Å². The average molecular weight is 924 g/mol. The van der Waals surface area contributed by atoms with Crippen molar-refractivity contribution in [1.82, 2.24) is 10.6 Å². The predicted molar refractivity (Wildman–Crippen MR) is 244 cm³/mol. The molecule has 62 heavy (non-hydrogen) atoms. The van der Waals surface area contributed by atoms with E-state index in [-0.39, 0.29) is 61.7 Å². The summed E-state index contributed by atoms with van der Waals surface area (Å²) in [6.07, 6.45) is 27.3. The molecule has 0 heterocycles. The Labute approximate surface area is 390 Å². The summed E-state index contributed by atoms with van der Waals surface area (Å²) in [7, 11) is 11.7. The standard InChI is InChI=1S/C48H90N4O8.2ClH/c1-9-11-25-33-43(59-47(57)39-51(3,4)5)41(53)31-27-21-17-13-15-19-23-29-35-45(55)49-37-38-50-46(56)36-30-24-20-16-14-18-22-28-32-42(54)44(34-26-12-10-2)60-48(58)40-52(6,7)8;;/h21-22,27-28,41-44,53-54H,9-20,23-26,29-40H2,1-8H3;2*1H/b27-21+,28-22+;;. The molecular formula is C48H92Cl2N4O8. The molecule has 0 aliphatic heterocycles. The van der Waals surface area contributed by atoms with Crippen molar-refractivity contribution in [3.63, 3.8) is 0 Å². The number of hydrogen-bond acceptors (Lipinski definition) is 8. The van der Waals surface area contributed by atoms with Gasteiger partial charge in [0.05, 0.1) is 54.5 Å². The zero-order valence-corrected chi connectivity index (χ0v) is 41.9. The lowest BCUT2D eigenvalue weighted by molar-refractivity contribution is -0.862. The summed E-state index contributed by atoms with van der Waals surface area (Å²) in [6.45, 7) is 5.70. The van der Waals surface area contributed by atoms with Crippen molar-refractivity contribution in [1.29, 1.82) is 0 Å². The van der Waals surface area contributed by atoms with Gasteiger partial charge < -0.3 is 64.1 Å². The molecule has 0 radical (unpaired) electrons. The number of rotatable bonds is 39. The minimum absolute atomic E-state index is 0. The van der Waals surface area contributed by atoms with E-state index < -0.39 is 24.4 Å². The highest BCUT2D eigenvalue weighted by Crippen LogP contribution is 2.17. The molecule has 0 saturated carbocycles. The van der Waals surface area contributed by atoms with E-state index in [2.05, 4.69) is 36.6 Å². The molecule has 366 valence electrons. The third kappa shape index (κ3) is 41.8. The number of carbonyl (C=O) groups excluding carboxylic acids is 4. The Morgan fingerprint density at radius 3 is 1.18 bits per heavy atom. The number of aliphatic hydroxyl groups excluding tert-OH is 2. The lowest BCUT2D eigenvalue weighted by Crippen LogP contribution is -3.00. The molecule has 0 bridgehead atoms. The van der Waals surface area contributed by atoms with Gasteiger partial charge in [-0.2, -0.15) is 0 Å². The summed E-state index contributed by atoms with van der Waals surface area (Å²) in [5.74, 6) is -0.486. The Bertz CT molecular complexity index is 1100. The van der Waals surface area contributed by atoms with Crippen LogP contribution >= 0.6 is 0 Å². The smallest absolute Gasteiger partial charge is 0.362 e. The number of carbonyl (C=O) groups is 4. The monoisotopic (exact) mass is 923 g/mol. The van der Waals surface area contributed by atoms with Crippen LogP contribution in [0.5, 0.6) is 0 Å². The molecule has 0 aliphatic carbocycles. The van der Waals surface area contributed by atoms with Crippen LogP contribution in [0.1, 0.15) is 168 Å². The van der Waals surface area contributed by atoms with Crippen molar-refractivity contribution in [3.8, 4) is 0 Å². The third-order valence-corrected chi connectivity index (χ3v) is 10.2. The number of nitrogens with zero attached hydrogens (tertiary/aromatic N) is 2. The second-order valence-electron chi connectivity index (χ2n) is 18.8. The Kier molecular flexibility index (Phi) is 41.6. The first-order valence-corrected chi connectivity index (χ1v) is 23.7. The number of likely N-dealkylation sites (N-methyl/N-ethyl adjacent to an activating group) is 2. The van der Waals surface area contributed by atoms with E-state index in [1.54, 1.807) is 0 Å². The molecule has 0 fully saturated rings. The summed E-state index contributed by atoms with van der Waals surface area (Å²) >= 11 is 0. The van der Waals surface area contributed by atoms with Gasteiger partial charge in [0, 0.05) is 25.9 Å². The summed E-state index contributed by atoms with van der Waals surface area (Å²) in [5.41, 5.74) is 0. The van der Waals surface area contributed by atoms with Crippen LogP contribution in [0.25, 0.3) is 0 Å². The fourth-order valence-electron chi connectivity index (χ4n) is 6.78.